The van der Waals surface area contributed by atoms with Gasteiger partial charge < -0.3 is 4.74 Å². The van der Waals surface area contributed by atoms with Crippen molar-refractivity contribution in [2.75, 3.05) is 6.61 Å². The van der Waals surface area contributed by atoms with Gasteiger partial charge in [-0.1, -0.05) is 54.1 Å². The molecule has 0 aliphatic rings. The van der Waals surface area contributed by atoms with Crippen LogP contribution in [0.25, 0.3) is 16.9 Å². The number of hydrogen-bond acceptors (Lipinski definition) is 4. The van der Waals surface area contributed by atoms with Crippen LogP contribution in [0.1, 0.15) is 28.4 Å². The van der Waals surface area contributed by atoms with Crippen LogP contribution >= 0.6 is 0 Å². The van der Waals surface area contributed by atoms with Crippen LogP contribution < -0.4 is 10.2 Å². The molecule has 1 heterocycles. The molecule has 0 fully saturated rings. The summed E-state index contributed by atoms with van der Waals surface area (Å²) in [6.45, 7) is 4.40. The summed E-state index contributed by atoms with van der Waals surface area (Å²) >= 11 is 0. The number of hydrazone groups is 1. The molecule has 3 aromatic carbocycles. The van der Waals surface area contributed by atoms with E-state index in [0.29, 0.717) is 17.9 Å². The second-order valence-electron chi connectivity index (χ2n) is 7.21. The molecule has 160 valence electrons. The fraction of sp³-hybridized carbons (Fsp3) is 0.115. The van der Waals surface area contributed by atoms with Gasteiger partial charge >= 0.3 is 0 Å². The van der Waals surface area contributed by atoms with Crippen molar-refractivity contribution in [3.05, 3.63) is 102 Å². The smallest absolute Gasteiger partial charge is 0.275 e. The predicted molar refractivity (Wildman–Crippen MR) is 126 cm³/mol. The average Bonchev–Trinajstić information content (AvgIpc) is 3.24. The summed E-state index contributed by atoms with van der Waals surface area (Å²) in [4.78, 5) is 12.6. The Labute approximate surface area is 187 Å². The SMILES string of the molecule is CCOc1ccccc1C(=O)NN=Cc1cn(-c2ccccc2)nc1-c1cccc(C)c1. The van der Waals surface area contributed by atoms with Gasteiger partial charge in [-0.2, -0.15) is 10.2 Å². The molecular weight excluding hydrogens is 400 g/mol. The Kier molecular flexibility index (Phi) is 6.41. The zero-order valence-electron chi connectivity index (χ0n) is 18.0. The maximum atomic E-state index is 12.6. The molecule has 1 aromatic heterocycles. The fourth-order valence-electron chi connectivity index (χ4n) is 3.37. The first-order valence-corrected chi connectivity index (χ1v) is 10.4. The fourth-order valence-corrected chi connectivity index (χ4v) is 3.37. The van der Waals surface area contributed by atoms with E-state index in [4.69, 9.17) is 9.84 Å². The first kappa shape index (κ1) is 21.1. The van der Waals surface area contributed by atoms with E-state index < -0.39 is 0 Å². The molecule has 4 aromatic rings. The van der Waals surface area contributed by atoms with Gasteiger partial charge in [0, 0.05) is 17.3 Å². The molecule has 0 radical (unpaired) electrons. The van der Waals surface area contributed by atoms with Crippen molar-refractivity contribution in [1.29, 1.82) is 0 Å². The number of nitrogens with one attached hydrogen (secondary N) is 1. The molecule has 0 saturated carbocycles. The van der Waals surface area contributed by atoms with Gasteiger partial charge in [0.1, 0.15) is 11.4 Å². The summed E-state index contributed by atoms with van der Waals surface area (Å²) in [7, 11) is 0. The van der Waals surface area contributed by atoms with Gasteiger partial charge in [0.05, 0.1) is 24.1 Å². The number of hydrogen-bond donors (Lipinski definition) is 1. The molecule has 0 aliphatic heterocycles. The summed E-state index contributed by atoms with van der Waals surface area (Å²) in [6, 6.07) is 25.1. The molecule has 32 heavy (non-hydrogen) atoms. The quantitative estimate of drug-likeness (QED) is 0.335. The van der Waals surface area contributed by atoms with E-state index in [1.807, 2.05) is 79.3 Å². The van der Waals surface area contributed by atoms with Crippen LogP contribution in [0.3, 0.4) is 0 Å². The number of para-hydroxylation sites is 2. The minimum atomic E-state index is -0.335. The van der Waals surface area contributed by atoms with E-state index in [1.165, 1.54) is 0 Å². The Balaban J connectivity index is 1.63. The molecule has 0 spiro atoms. The third-order valence-corrected chi connectivity index (χ3v) is 4.86. The maximum absolute atomic E-state index is 12.6. The predicted octanol–water partition coefficient (Wildman–Crippen LogP) is 5.01. The Morgan fingerprint density at radius 3 is 2.62 bits per heavy atom. The third kappa shape index (κ3) is 4.75. The number of carbonyl (C=O) groups excluding carboxylic acids is 1. The number of nitrogens with zero attached hydrogens (tertiary/aromatic N) is 3. The van der Waals surface area contributed by atoms with Gasteiger partial charge in [-0.25, -0.2) is 10.1 Å². The molecule has 0 aliphatic carbocycles. The van der Waals surface area contributed by atoms with E-state index in [2.05, 4.69) is 16.6 Å². The number of carbonyl (C=O) groups is 1. The van der Waals surface area contributed by atoms with Crippen LogP contribution in [0.15, 0.2) is 90.2 Å². The molecule has 6 heteroatoms. The lowest BCUT2D eigenvalue weighted by molar-refractivity contribution is 0.0951. The molecule has 6 nitrogen and oxygen atoms in total. The minimum absolute atomic E-state index is 0.335. The average molecular weight is 425 g/mol. The zero-order valence-corrected chi connectivity index (χ0v) is 18.0. The number of rotatable bonds is 7. The second-order valence-corrected chi connectivity index (χ2v) is 7.21. The van der Waals surface area contributed by atoms with Crippen LogP contribution in [-0.4, -0.2) is 28.5 Å². The lowest BCUT2D eigenvalue weighted by Crippen LogP contribution is -2.18. The molecule has 1 amide bonds. The number of aryl methyl sites for hydroxylation is 1. The molecule has 0 saturated heterocycles. The molecule has 0 unspecified atom stereocenters. The first-order valence-electron chi connectivity index (χ1n) is 10.4. The maximum Gasteiger partial charge on any atom is 0.275 e. The summed E-state index contributed by atoms with van der Waals surface area (Å²) in [6.07, 6.45) is 3.52. The van der Waals surface area contributed by atoms with Gasteiger partial charge in [0.2, 0.25) is 0 Å². The standard InChI is InChI=1S/C26H24N4O2/c1-3-32-24-15-8-7-14-23(24)26(31)28-27-17-21-18-30(22-12-5-4-6-13-22)29-25(21)20-11-9-10-19(2)16-20/h4-18H,3H2,1-2H3,(H,28,31). The molecule has 1 N–H and O–H groups in total. The van der Waals surface area contributed by atoms with Gasteiger partial charge in [-0.15, -0.1) is 0 Å². The van der Waals surface area contributed by atoms with Gasteiger partial charge in [-0.3, -0.25) is 4.79 Å². The highest BCUT2D eigenvalue weighted by Crippen LogP contribution is 2.24. The van der Waals surface area contributed by atoms with Crippen LogP contribution in [0.4, 0.5) is 0 Å². The van der Waals surface area contributed by atoms with Crippen LogP contribution in [-0.2, 0) is 0 Å². The number of ether oxygens (including phenoxy) is 1. The highest BCUT2D eigenvalue weighted by atomic mass is 16.5. The van der Waals surface area contributed by atoms with Crippen LogP contribution in [0.5, 0.6) is 5.75 Å². The van der Waals surface area contributed by atoms with E-state index >= 15 is 0 Å². The zero-order chi connectivity index (χ0) is 22.3. The summed E-state index contributed by atoms with van der Waals surface area (Å²) in [5.74, 6) is 0.193. The molecule has 0 atom stereocenters. The number of benzene rings is 3. The van der Waals surface area contributed by atoms with Crippen molar-refractivity contribution in [3.63, 3.8) is 0 Å². The minimum Gasteiger partial charge on any atom is -0.493 e. The van der Waals surface area contributed by atoms with Crippen molar-refractivity contribution in [1.82, 2.24) is 15.2 Å². The summed E-state index contributed by atoms with van der Waals surface area (Å²) < 4.78 is 7.35. The number of amides is 1. The molecule has 0 bridgehead atoms. The summed E-state index contributed by atoms with van der Waals surface area (Å²) in [5, 5.41) is 8.98. The van der Waals surface area contributed by atoms with Crippen molar-refractivity contribution in [2.24, 2.45) is 5.10 Å². The van der Waals surface area contributed by atoms with Gasteiger partial charge in [0.15, 0.2) is 0 Å². The topological polar surface area (TPSA) is 68.5 Å². The highest BCUT2D eigenvalue weighted by Gasteiger charge is 2.13. The lowest BCUT2D eigenvalue weighted by atomic mass is 10.1. The Hall–Kier alpha value is -4.19. The second kappa shape index (κ2) is 9.75. The van der Waals surface area contributed by atoms with E-state index in [9.17, 15) is 4.79 Å². The van der Waals surface area contributed by atoms with Crippen LogP contribution in [0.2, 0.25) is 0 Å². The summed E-state index contributed by atoms with van der Waals surface area (Å²) in [5.41, 5.74) is 7.67. The number of aromatic nitrogens is 2. The Morgan fingerprint density at radius 1 is 1.06 bits per heavy atom. The van der Waals surface area contributed by atoms with Gasteiger partial charge in [0.25, 0.3) is 5.91 Å². The molecule has 4 rings (SSSR count). The van der Waals surface area contributed by atoms with Crippen LogP contribution in [0, 0.1) is 6.92 Å². The normalized spacial score (nSPS) is 10.9. The van der Waals surface area contributed by atoms with Crippen molar-refractivity contribution in [3.8, 4) is 22.7 Å². The van der Waals surface area contributed by atoms with Crippen molar-refractivity contribution in [2.45, 2.75) is 13.8 Å². The Morgan fingerprint density at radius 2 is 1.84 bits per heavy atom. The monoisotopic (exact) mass is 424 g/mol. The Bertz CT molecular complexity index is 1250. The van der Waals surface area contributed by atoms with Gasteiger partial charge in [-0.05, 0) is 44.2 Å². The molecular formula is C26H24N4O2. The van der Waals surface area contributed by atoms with Crippen molar-refractivity contribution < 1.29 is 9.53 Å². The largest absolute Gasteiger partial charge is 0.493 e. The first-order chi connectivity index (χ1) is 15.7. The lowest BCUT2D eigenvalue weighted by Gasteiger charge is -2.08. The van der Waals surface area contributed by atoms with Crippen molar-refractivity contribution >= 4 is 12.1 Å². The van der Waals surface area contributed by atoms with E-state index in [0.717, 1.165) is 28.1 Å². The third-order valence-electron chi connectivity index (χ3n) is 4.86. The highest BCUT2D eigenvalue weighted by molar-refractivity contribution is 5.98. The van der Waals surface area contributed by atoms with E-state index in [-0.39, 0.29) is 5.91 Å². The van der Waals surface area contributed by atoms with E-state index in [1.54, 1.807) is 24.4 Å².